The number of carbonyl (C=O) groups excluding carboxylic acids is 1. The number of benzene rings is 1. The van der Waals surface area contributed by atoms with Gasteiger partial charge in [-0.25, -0.2) is 0 Å². The summed E-state index contributed by atoms with van der Waals surface area (Å²) >= 11 is 0. The molecule has 0 atom stereocenters. The van der Waals surface area contributed by atoms with Gasteiger partial charge in [-0.3, -0.25) is 14.9 Å². The molecule has 1 rings (SSSR count). The Morgan fingerprint density at radius 3 is 2.63 bits per heavy atom. The van der Waals surface area contributed by atoms with Crippen molar-refractivity contribution in [2.75, 3.05) is 13.2 Å². The minimum Gasteiger partial charge on any atom is -0.373 e. The molecule has 0 aliphatic heterocycles. The van der Waals surface area contributed by atoms with E-state index in [1.807, 2.05) is 0 Å². The van der Waals surface area contributed by atoms with Crippen LogP contribution in [0.4, 0.5) is 18.9 Å². The number of carbonyl (C=O) groups is 1. The number of ether oxygens (including phenoxy) is 1. The SMILES string of the molecule is O=C(COCCC(F)(F)F)c1cccc([N+](=O)[O-])c1. The third-order valence-corrected chi connectivity index (χ3v) is 2.14. The molecule has 0 bridgehead atoms. The zero-order valence-corrected chi connectivity index (χ0v) is 9.64. The number of non-ortho nitro benzene ring substituents is 1. The van der Waals surface area contributed by atoms with Crippen molar-refractivity contribution in [2.24, 2.45) is 0 Å². The second kappa shape index (κ2) is 6.28. The number of nitro groups is 1. The monoisotopic (exact) mass is 277 g/mol. The van der Waals surface area contributed by atoms with E-state index in [1.165, 1.54) is 18.2 Å². The largest absolute Gasteiger partial charge is 0.391 e. The van der Waals surface area contributed by atoms with Gasteiger partial charge in [0.15, 0.2) is 5.78 Å². The second-order valence-electron chi connectivity index (χ2n) is 3.65. The number of nitrogens with zero attached hydrogens (tertiary/aromatic N) is 1. The Labute approximate surface area is 106 Å². The highest BCUT2D eigenvalue weighted by Gasteiger charge is 2.26. The Balaban J connectivity index is 2.50. The normalized spacial score (nSPS) is 11.3. The molecule has 0 amide bonds. The fourth-order valence-electron chi connectivity index (χ4n) is 1.23. The summed E-state index contributed by atoms with van der Waals surface area (Å²) in [5, 5.41) is 10.5. The highest BCUT2D eigenvalue weighted by molar-refractivity contribution is 5.97. The summed E-state index contributed by atoms with van der Waals surface area (Å²) in [6.45, 7) is -1.17. The van der Waals surface area contributed by atoms with Crippen molar-refractivity contribution in [1.82, 2.24) is 0 Å². The molecule has 0 unspecified atom stereocenters. The average Bonchev–Trinajstić information content (AvgIpc) is 2.33. The fourth-order valence-corrected chi connectivity index (χ4v) is 1.23. The first-order chi connectivity index (χ1) is 8.79. The molecule has 0 radical (unpaired) electrons. The molecule has 0 saturated carbocycles. The van der Waals surface area contributed by atoms with Crippen LogP contribution in [0.1, 0.15) is 16.8 Å². The van der Waals surface area contributed by atoms with Gasteiger partial charge < -0.3 is 4.74 Å². The molecular formula is C11H10F3NO4. The predicted octanol–water partition coefficient (Wildman–Crippen LogP) is 2.75. The first kappa shape index (κ1) is 15.1. The van der Waals surface area contributed by atoms with E-state index in [1.54, 1.807) is 0 Å². The maximum Gasteiger partial charge on any atom is 0.391 e. The topological polar surface area (TPSA) is 69.4 Å². The number of Topliss-reactive ketones (excluding diaryl/α,β-unsaturated/α-hetero) is 1. The van der Waals surface area contributed by atoms with Crippen molar-refractivity contribution < 1.29 is 27.6 Å². The van der Waals surface area contributed by atoms with Crippen molar-refractivity contribution in [3.8, 4) is 0 Å². The van der Waals surface area contributed by atoms with Crippen LogP contribution in [-0.2, 0) is 4.74 Å². The van der Waals surface area contributed by atoms with Crippen LogP contribution in [-0.4, -0.2) is 30.1 Å². The van der Waals surface area contributed by atoms with E-state index in [0.717, 1.165) is 6.07 Å². The van der Waals surface area contributed by atoms with E-state index < -0.39 is 36.5 Å². The van der Waals surface area contributed by atoms with Gasteiger partial charge >= 0.3 is 6.18 Å². The van der Waals surface area contributed by atoms with Gasteiger partial charge in [0.2, 0.25) is 0 Å². The molecule has 0 aromatic heterocycles. The van der Waals surface area contributed by atoms with Crippen LogP contribution >= 0.6 is 0 Å². The molecule has 0 saturated heterocycles. The molecule has 1 aromatic rings. The molecule has 5 nitrogen and oxygen atoms in total. The molecule has 19 heavy (non-hydrogen) atoms. The van der Waals surface area contributed by atoms with Crippen LogP contribution in [0.5, 0.6) is 0 Å². The minimum atomic E-state index is -4.34. The summed E-state index contributed by atoms with van der Waals surface area (Å²) in [4.78, 5) is 21.3. The van der Waals surface area contributed by atoms with Crippen molar-refractivity contribution >= 4 is 11.5 Å². The fraction of sp³-hybridized carbons (Fsp3) is 0.364. The zero-order valence-electron chi connectivity index (χ0n) is 9.64. The molecule has 1 aromatic carbocycles. The molecular weight excluding hydrogens is 267 g/mol. The van der Waals surface area contributed by atoms with Gasteiger partial charge in [0.1, 0.15) is 6.61 Å². The summed E-state index contributed by atoms with van der Waals surface area (Å²) in [6, 6.07) is 4.92. The number of alkyl halides is 3. The average molecular weight is 277 g/mol. The third-order valence-electron chi connectivity index (χ3n) is 2.14. The molecule has 8 heteroatoms. The number of halogens is 3. The van der Waals surface area contributed by atoms with Crippen LogP contribution in [0.25, 0.3) is 0 Å². The molecule has 0 aliphatic rings. The molecule has 0 heterocycles. The molecule has 104 valence electrons. The van der Waals surface area contributed by atoms with Gasteiger partial charge in [-0.2, -0.15) is 13.2 Å². The van der Waals surface area contributed by atoms with Crippen molar-refractivity contribution in [3.63, 3.8) is 0 Å². The van der Waals surface area contributed by atoms with E-state index in [-0.39, 0.29) is 11.3 Å². The second-order valence-corrected chi connectivity index (χ2v) is 3.65. The maximum atomic E-state index is 11.8. The van der Waals surface area contributed by atoms with E-state index in [4.69, 9.17) is 0 Å². The lowest BCUT2D eigenvalue weighted by Crippen LogP contribution is -2.15. The van der Waals surface area contributed by atoms with Crippen LogP contribution in [0.2, 0.25) is 0 Å². The maximum absolute atomic E-state index is 11.8. The van der Waals surface area contributed by atoms with Gasteiger partial charge in [0.05, 0.1) is 18.0 Å². The number of rotatable bonds is 6. The van der Waals surface area contributed by atoms with Crippen LogP contribution in [0.15, 0.2) is 24.3 Å². The van der Waals surface area contributed by atoms with E-state index >= 15 is 0 Å². The van der Waals surface area contributed by atoms with Gasteiger partial charge in [0, 0.05) is 17.7 Å². The Morgan fingerprint density at radius 1 is 1.37 bits per heavy atom. The Kier molecular flexibility index (Phi) is 4.99. The summed E-state index contributed by atoms with van der Waals surface area (Å²) in [5.41, 5.74) is -0.234. The third kappa shape index (κ3) is 5.47. The van der Waals surface area contributed by atoms with E-state index in [2.05, 4.69) is 4.74 Å². The standard InChI is InChI=1S/C11H10F3NO4/c12-11(13,14)4-5-19-7-10(16)8-2-1-3-9(6-8)15(17)18/h1-3,6H,4-5,7H2. The summed E-state index contributed by atoms with van der Waals surface area (Å²) in [7, 11) is 0. The zero-order chi connectivity index (χ0) is 14.5. The molecule has 0 spiro atoms. The highest BCUT2D eigenvalue weighted by atomic mass is 19.4. The predicted molar refractivity (Wildman–Crippen MR) is 58.9 cm³/mol. The van der Waals surface area contributed by atoms with Crippen molar-refractivity contribution in [3.05, 3.63) is 39.9 Å². The molecule has 0 N–H and O–H groups in total. The van der Waals surface area contributed by atoms with Gasteiger partial charge in [-0.05, 0) is 0 Å². The lowest BCUT2D eigenvalue weighted by atomic mass is 10.1. The first-order valence-electron chi connectivity index (χ1n) is 5.22. The number of ketones is 1. The Bertz CT molecular complexity index is 473. The van der Waals surface area contributed by atoms with Gasteiger partial charge in [0.25, 0.3) is 5.69 Å². The number of nitro benzene ring substituents is 1. The summed E-state index contributed by atoms with van der Waals surface area (Å²) in [6.07, 6.45) is -5.48. The smallest absolute Gasteiger partial charge is 0.373 e. The first-order valence-corrected chi connectivity index (χ1v) is 5.22. The number of hydrogen-bond donors (Lipinski definition) is 0. The molecule has 0 fully saturated rings. The van der Waals surface area contributed by atoms with Crippen LogP contribution in [0.3, 0.4) is 0 Å². The quantitative estimate of drug-likeness (QED) is 0.347. The summed E-state index contributed by atoms with van der Waals surface area (Å²) in [5.74, 6) is -0.606. The highest BCUT2D eigenvalue weighted by Crippen LogP contribution is 2.19. The number of hydrogen-bond acceptors (Lipinski definition) is 4. The van der Waals surface area contributed by atoms with Gasteiger partial charge in [-0.1, -0.05) is 12.1 Å². The van der Waals surface area contributed by atoms with Crippen LogP contribution in [0, 0.1) is 10.1 Å². The van der Waals surface area contributed by atoms with E-state index in [9.17, 15) is 28.1 Å². The lowest BCUT2D eigenvalue weighted by Gasteiger charge is -2.06. The summed E-state index contributed by atoms with van der Waals surface area (Å²) < 4.78 is 40.0. The Hall–Kier alpha value is -1.96. The van der Waals surface area contributed by atoms with Gasteiger partial charge in [-0.15, -0.1) is 0 Å². The van der Waals surface area contributed by atoms with Crippen LogP contribution < -0.4 is 0 Å². The molecule has 0 aliphatic carbocycles. The lowest BCUT2D eigenvalue weighted by molar-refractivity contribution is -0.384. The van der Waals surface area contributed by atoms with Crippen molar-refractivity contribution in [2.45, 2.75) is 12.6 Å². The Morgan fingerprint density at radius 2 is 2.05 bits per heavy atom. The van der Waals surface area contributed by atoms with E-state index in [0.29, 0.717) is 0 Å². The van der Waals surface area contributed by atoms with Crippen molar-refractivity contribution in [1.29, 1.82) is 0 Å². The minimum absolute atomic E-state index is 0.0289.